The van der Waals surface area contributed by atoms with Gasteiger partial charge in [-0.1, -0.05) is 63.5 Å². The molecule has 0 aliphatic carbocycles. The molecule has 36 heavy (non-hydrogen) atoms. The van der Waals surface area contributed by atoms with E-state index in [-0.39, 0.29) is 31.3 Å². The van der Waals surface area contributed by atoms with Gasteiger partial charge in [-0.25, -0.2) is 0 Å². The molecule has 0 heterocycles. The smallest absolute Gasteiger partial charge is 0.306 e. The van der Waals surface area contributed by atoms with E-state index in [1.165, 1.54) is 5.57 Å². The molecule has 0 aromatic carbocycles. The van der Waals surface area contributed by atoms with E-state index < -0.39 is 17.5 Å². The lowest BCUT2D eigenvalue weighted by atomic mass is 9.99. The number of ether oxygens (including phenoxy) is 3. The molecule has 0 bridgehead atoms. The van der Waals surface area contributed by atoms with Gasteiger partial charge in [0.05, 0.1) is 19.4 Å². The zero-order valence-electron chi connectivity index (χ0n) is 23.4. The molecule has 0 amide bonds. The van der Waals surface area contributed by atoms with E-state index in [0.29, 0.717) is 32.3 Å². The van der Waals surface area contributed by atoms with Gasteiger partial charge >= 0.3 is 17.9 Å². The average molecular weight is 507 g/mol. The minimum Gasteiger partial charge on any atom is -0.465 e. The van der Waals surface area contributed by atoms with Crippen LogP contribution >= 0.6 is 0 Å². The summed E-state index contributed by atoms with van der Waals surface area (Å²) < 4.78 is 16.5. The van der Waals surface area contributed by atoms with E-state index >= 15 is 0 Å². The van der Waals surface area contributed by atoms with Crippen LogP contribution in [0.5, 0.6) is 0 Å². The zero-order chi connectivity index (χ0) is 27.2. The van der Waals surface area contributed by atoms with Crippen molar-refractivity contribution in [1.29, 1.82) is 0 Å². The van der Waals surface area contributed by atoms with E-state index in [1.807, 2.05) is 39.8 Å². The molecule has 0 aromatic heterocycles. The third-order valence-corrected chi connectivity index (χ3v) is 5.80. The molecular formula is C30H50O6. The van der Waals surface area contributed by atoms with Crippen LogP contribution in [0.4, 0.5) is 0 Å². The summed E-state index contributed by atoms with van der Waals surface area (Å²) in [6.45, 7) is 14.3. The van der Waals surface area contributed by atoms with E-state index in [2.05, 4.69) is 19.6 Å². The van der Waals surface area contributed by atoms with E-state index in [1.54, 1.807) is 6.08 Å². The SMILES string of the molecule is C=CC(C)(CCC=C(C)C)OC(=O)CCC(CCCCCC)OC(=O)CCC(=O)OCC/C=C/CC. The Hall–Kier alpha value is -2.37. The third kappa shape index (κ3) is 18.9. The number of carbonyl (C=O) groups is 3. The molecule has 0 rings (SSSR count). The van der Waals surface area contributed by atoms with Gasteiger partial charge in [0.15, 0.2) is 0 Å². The number of hydrogen-bond acceptors (Lipinski definition) is 6. The summed E-state index contributed by atoms with van der Waals surface area (Å²) in [5.41, 5.74) is 0.487. The fourth-order valence-electron chi connectivity index (χ4n) is 3.54. The van der Waals surface area contributed by atoms with Crippen LogP contribution in [0.2, 0.25) is 0 Å². The molecule has 0 radical (unpaired) electrons. The molecule has 2 atom stereocenters. The van der Waals surface area contributed by atoms with Gasteiger partial charge in [-0.2, -0.15) is 0 Å². The molecule has 0 aliphatic heterocycles. The fraction of sp³-hybridized carbons (Fsp3) is 0.700. The van der Waals surface area contributed by atoms with Crippen molar-refractivity contribution >= 4 is 17.9 Å². The molecule has 6 heteroatoms. The molecule has 0 aliphatic rings. The van der Waals surface area contributed by atoms with Gasteiger partial charge in [-0.3, -0.25) is 14.4 Å². The summed E-state index contributed by atoms with van der Waals surface area (Å²) in [6, 6.07) is 0. The second-order valence-corrected chi connectivity index (χ2v) is 9.70. The van der Waals surface area contributed by atoms with Gasteiger partial charge in [0, 0.05) is 6.42 Å². The molecule has 0 N–H and O–H groups in total. The van der Waals surface area contributed by atoms with Crippen LogP contribution in [0, 0.1) is 0 Å². The first-order valence-electron chi connectivity index (χ1n) is 13.6. The maximum Gasteiger partial charge on any atom is 0.306 e. The Labute approximate surface area is 219 Å². The maximum absolute atomic E-state index is 12.6. The van der Waals surface area contributed by atoms with Crippen molar-refractivity contribution in [1.82, 2.24) is 0 Å². The summed E-state index contributed by atoms with van der Waals surface area (Å²) in [4.78, 5) is 36.8. The Kier molecular flexibility index (Phi) is 19.4. The highest BCUT2D eigenvalue weighted by atomic mass is 16.6. The van der Waals surface area contributed by atoms with Crippen molar-refractivity contribution < 1.29 is 28.6 Å². The number of allylic oxidation sites excluding steroid dienone is 3. The summed E-state index contributed by atoms with van der Waals surface area (Å²) >= 11 is 0. The van der Waals surface area contributed by atoms with Crippen molar-refractivity contribution in [2.75, 3.05) is 6.61 Å². The highest BCUT2D eigenvalue weighted by molar-refractivity contribution is 5.77. The number of carbonyl (C=O) groups excluding carboxylic acids is 3. The number of rotatable bonds is 21. The maximum atomic E-state index is 12.6. The Morgan fingerprint density at radius 1 is 0.889 bits per heavy atom. The fourth-order valence-corrected chi connectivity index (χ4v) is 3.54. The van der Waals surface area contributed by atoms with Crippen LogP contribution in [0.3, 0.4) is 0 Å². The van der Waals surface area contributed by atoms with Crippen LogP contribution in [0.25, 0.3) is 0 Å². The molecule has 0 fully saturated rings. The van der Waals surface area contributed by atoms with Crippen LogP contribution in [-0.4, -0.2) is 36.2 Å². The van der Waals surface area contributed by atoms with Crippen LogP contribution < -0.4 is 0 Å². The van der Waals surface area contributed by atoms with Crippen LogP contribution in [0.1, 0.15) is 118 Å². The topological polar surface area (TPSA) is 78.9 Å². The molecule has 0 spiro atoms. The van der Waals surface area contributed by atoms with Gasteiger partial charge in [-0.05, 0) is 71.8 Å². The number of esters is 3. The monoisotopic (exact) mass is 506 g/mol. The summed E-state index contributed by atoms with van der Waals surface area (Å²) in [6.07, 6.45) is 15.9. The summed E-state index contributed by atoms with van der Waals surface area (Å²) in [7, 11) is 0. The standard InChI is InChI=1S/C30H50O6/c1-7-10-12-14-18-26(35-28(32)22-21-27(31)34-24-15-13-11-8-2)19-20-29(33)36-30(6,9-3)23-16-17-25(4)5/h9,11,13,17,26H,3,7-8,10,12,14-16,18-24H2,1-2,4-6H3/b13-11+. The quantitative estimate of drug-likeness (QED) is 0.0691. The van der Waals surface area contributed by atoms with E-state index in [4.69, 9.17) is 14.2 Å². The zero-order valence-corrected chi connectivity index (χ0v) is 23.4. The second-order valence-electron chi connectivity index (χ2n) is 9.70. The van der Waals surface area contributed by atoms with Crippen molar-refractivity contribution in [2.24, 2.45) is 0 Å². The lowest BCUT2D eigenvalue weighted by Crippen LogP contribution is -2.30. The van der Waals surface area contributed by atoms with E-state index in [9.17, 15) is 14.4 Å². The van der Waals surface area contributed by atoms with Crippen molar-refractivity contribution in [3.05, 3.63) is 36.5 Å². The first-order valence-corrected chi connectivity index (χ1v) is 13.6. The van der Waals surface area contributed by atoms with Crippen molar-refractivity contribution in [2.45, 2.75) is 130 Å². The minimum absolute atomic E-state index is 0.00963. The first-order chi connectivity index (χ1) is 17.2. The van der Waals surface area contributed by atoms with Crippen molar-refractivity contribution in [3.8, 4) is 0 Å². The molecule has 0 saturated heterocycles. The molecule has 0 aromatic rings. The van der Waals surface area contributed by atoms with Gasteiger partial charge < -0.3 is 14.2 Å². The lowest BCUT2D eigenvalue weighted by Gasteiger charge is -2.26. The lowest BCUT2D eigenvalue weighted by molar-refractivity contribution is -0.158. The number of hydrogen-bond donors (Lipinski definition) is 0. The molecule has 6 nitrogen and oxygen atoms in total. The largest absolute Gasteiger partial charge is 0.465 e. The Morgan fingerprint density at radius 2 is 1.61 bits per heavy atom. The Bertz CT molecular complexity index is 704. The Morgan fingerprint density at radius 3 is 2.25 bits per heavy atom. The van der Waals surface area contributed by atoms with E-state index in [0.717, 1.165) is 38.5 Å². The molecular weight excluding hydrogens is 456 g/mol. The van der Waals surface area contributed by atoms with Gasteiger partial charge in [0.2, 0.25) is 0 Å². The predicted molar refractivity (Wildman–Crippen MR) is 145 cm³/mol. The molecule has 206 valence electrons. The normalized spacial score (nSPS) is 13.5. The van der Waals surface area contributed by atoms with Crippen molar-refractivity contribution in [3.63, 3.8) is 0 Å². The predicted octanol–water partition coefficient (Wildman–Crippen LogP) is 7.56. The first kappa shape index (κ1) is 33.6. The summed E-state index contributed by atoms with van der Waals surface area (Å²) in [5, 5.41) is 0. The molecule has 0 saturated carbocycles. The highest BCUT2D eigenvalue weighted by Gasteiger charge is 2.25. The van der Waals surface area contributed by atoms with Crippen LogP contribution in [0.15, 0.2) is 36.5 Å². The third-order valence-electron chi connectivity index (χ3n) is 5.80. The summed E-state index contributed by atoms with van der Waals surface area (Å²) in [5.74, 6) is -1.18. The van der Waals surface area contributed by atoms with Gasteiger partial charge in [0.1, 0.15) is 11.7 Å². The number of unbranched alkanes of at least 4 members (excludes halogenated alkanes) is 3. The average Bonchev–Trinajstić information content (AvgIpc) is 2.83. The van der Waals surface area contributed by atoms with Gasteiger partial charge in [-0.15, -0.1) is 0 Å². The highest BCUT2D eigenvalue weighted by Crippen LogP contribution is 2.22. The second kappa shape index (κ2) is 20.8. The minimum atomic E-state index is -0.733. The molecule has 2 unspecified atom stereocenters. The Balaban J connectivity index is 4.68. The van der Waals surface area contributed by atoms with Crippen LogP contribution in [-0.2, 0) is 28.6 Å². The van der Waals surface area contributed by atoms with Gasteiger partial charge in [0.25, 0.3) is 0 Å².